The van der Waals surface area contributed by atoms with Crippen LogP contribution in [0.15, 0.2) is 315 Å². The second-order valence-electron chi connectivity index (χ2n) is 24.7. The predicted molar refractivity (Wildman–Crippen MR) is 437 cm³/mol. The van der Waals surface area contributed by atoms with Crippen molar-refractivity contribution in [1.82, 2.24) is 0 Å². The lowest BCUT2D eigenvalue weighted by Crippen LogP contribution is -2.18. The van der Waals surface area contributed by atoms with Crippen molar-refractivity contribution in [2.24, 2.45) is 0 Å². The monoisotopic (exact) mass is 1590 g/mol. The van der Waals surface area contributed by atoms with Gasteiger partial charge in [0, 0.05) is 116 Å². The first-order valence-corrected chi connectivity index (χ1v) is 37.1. The van der Waals surface area contributed by atoms with Crippen LogP contribution in [0.5, 0.6) is 23.0 Å². The molecule has 25 heteroatoms. The molecule has 0 spiro atoms. The van der Waals surface area contributed by atoms with Crippen LogP contribution in [0, 0.1) is 0 Å². The molecule has 0 heterocycles. The Morgan fingerprint density at radius 2 is 0.383 bits per heavy atom. The van der Waals surface area contributed by atoms with Crippen LogP contribution in [0.25, 0.3) is 22.3 Å². The van der Waals surface area contributed by atoms with Gasteiger partial charge >= 0.3 is 35.5 Å². The number of benzene rings is 12. The number of anilines is 12. The number of carbonyl (C=O) groups is 6. The summed E-state index contributed by atoms with van der Waals surface area (Å²) in [6.07, 6.45) is -3.69. The lowest BCUT2D eigenvalue weighted by molar-refractivity contribution is 0.0267. The normalized spacial score (nSPS) is 10.7. The first kappa shape index (κ1) is 80.8. The van der Waals surface area contributed by atoms with E-state index in [1.807, 2.05) is 262 Å². The zero-order valence-electron chi connectivity index (χ0n) is 61.8. The van der Waals surface area contributed by atoms with E-state index in [-0.39, 0.29) is 102 Å². The second-order valence-corrected chi connectivity index (χ2v) is 25.3. The third kappa shape index (κ3) is 24.2. The lowest BCUT2D eigenvalue weighted by atomic mass is 10.0. The van der Waals surface area contributed by atoms with Crippen molar-refractivity contribution in [3.8, 4) is 45.3 Å². The zero-order chi connectivity index (χ0) is 79.8. The van der Waals surface area contributed by atoms with E-state index >= 15 is 0 Å². The minimum Gasteiger partial charge on any atom is -0.451 e. The summed E-state index contributed by atoms with van der Waals surface area (Å²) < 4.78 is 68.9. The minimum absolute atomic E-state index is 0.0117. The molecule has 0 atom stereocenters. The van der Waals surface area contributed by atoms with E-state index in [0.29, 0.717) is 11.4 Å². The highest BCUT2D eigenvalue weighted by molar-refractivity contribution is 6.61. The fourth-order valence-corrected chi connectivity index (χ4v) is 12.1. The molecule has 0 amide bonds. The Morgan fingerprint density at radius 3 is 0.583 bits per heavy atom. The largest absolute Gasteiger partial charge is 0.513 e. The molecule has 0 N–H and O–H groups in total. The first-order chi connectivity index (χ1) is 56.3. The van der Waals surface area contributed by atoms with Crippen LogP contribution in [-0.2, 0) is 42.6 Å². The number of carbonyl (C=O) groups excluding carboxylic acids is 6. The predicted octanol–water partition coefficient (Wildman–Crippen LogP) is 22.5. The standard InChI is InChI=1S/C90H76Cl2N4O19/c91-85(97)106-55-49-103-51-57-108-87(99)112-81-29-13-25-77(61-81)93(69-17-5-1-6-18-69)73-41-33-65(34-42-73)67-37-45-75(46-38-67)95(71-21-9-3-10-22-71)79-27-15-31-83(63-79)114-89(101)110-59-53-105-54-60-111-90(102)115-84-32-16-28-80(64-84)96(72-23-11-4-12-24-72)76-47-39-68(40-48-76)66-35-43-74(44-36-66)94(70-19-7-2-8-20-70)78-26-14-30-82(62-78)113-88(100)109-58-52-104-50-56-107-86(92)98/h1-48,61-64H,49-60H2. The van der Waals surface area contributed by atoms with Crippen LogP contribution in [0.3, 0.4) is 0 Å². The van der Waals surface area contributed by atoms with Gasteiger partial charge in [-0.3, -0.25) is 0 Å². The SMILES string of the molecule is O=C(Cl)OCCOCCOC(=O)Oc1cccc(N(c2ccccc2)c2ccc(-c3ccc(N(c4ccccc4)c4cccc(OC(=O)OCCOCCOC(=O)Oc5cccc(N(c6ccccc6)c6ccc(-c7ccc(N(c8ccccc8)c8cccc(OC(=O)OCCOCCOC(=O)Cl)c8)cc7)cc6)c5)c4)cc3)cc2)c1. The summed E-state index contributed by atoms with van der Waals surface area (Å²) in [6.45, 7) is -0.226. The van der Waals surface area contributed by atoms with Gasteiger partial charge in [-0.15, -0.1) is 0 Å². The Kier molecular flexibility index (Phi) is 29.6. The van der Waals surface area contributed by atoms with Crippen molar-refractivity contribution in [2.75, 3.05) is 98.9 Å². The quantitative estimate of drug-likeness (QED) is 0.0117. The van der Waals surface area contributed by atoms with E-state index in [9.17, 15) is 28.8 Å². The molecule has 12 aromatic rings. The van der Waals surface area contributed by atoms with Gasteiger partial charge in [0.1, 0.15) is 62.6 Å². The highest BCUT2D eigenvalue weighted by Gasteiger charge is 2.22. The number of hydrogen-bond donors (Lipinski definition) is 0. The number of para-hydroxylation sites is 4. The molecule has 0 aromatic heterocycles. The van der Waals surface area contributed by atoms with Crippen LogP contribution in [-0.4, -0.2) is 115 Å². The van der Waals surface area contributed by atoms with Crippen LogP contribution >= 0.6 is 23.2 Å². The van der Waals surface area contributed by atoms with Crippen molar-refractivity contribution in [3.63, 3.8) is 0 Å². The van der Waals surface area contributed by atoms with Gasteiger partial charge in [0.25, 0.3) is 0 Å². The summed E-state index contributed by atoms with van der Waals surface area (Å²) in [6, 6.07) is 100. The fraction of sp³-hybridized carbons (Fsp3) is 0.133. The highest BCUT2D eigenvalue weighted by Crippen LogP contribution is 2.43. The van der Waals surface area contributed by atoms with Crippen molar-refractivity contribution in [1.29, 1.82) is 0 Å². The van der Waals surface area contributed by atoms with Gasteiger partial charge in [-0.25, -0.2) is 28.8 Å². The second kappa shape index (κ2) is 42.1. The smallest absolute Gasteiger partial charge is 0.451 e. The molecule has 0 fully saturated rings. The third-order valence-corrected chi connectivity index (χ3v) is 17.2. The molecule has 0 bridgehead atoms. The summed E-state index contributed by atoms with van der Waals surface area (Å²) in [5, 5.41) is 0. The molecule has 0 saturated carbocycles. The Morgan fingerprint density at radius 1 is 0.200 bits per heavy atom. The van der Waals surface area contributed by atoms with Crippen LogP contribution in [0.4, 0.5) is 97.0 Å². The number of nitrogens with zero attached hydrogens (tertiary/aromatic N) is 4. The van der Waals surface area contributed by atoms with E-state index in [1.165, 1.54) is 0 Å². The summed E-state index contributed by atoms with van der Waals surface area (Å²) in [5.41, 5.74) is 11.7. The lowest BCUT2D eigenvalue weighted by Gasteiger charge is -2.26. The maximum absolute atomic E-state index is 13.1. The number of halogens is 2. The van der Waals surface area contributed by atoms with Crippen molar-refractivity contribution in [3.05, 3.63) is 315 Å². The van der Waals surface area contributed by atoms with Gasteiger partial charge in [0.15, 0.2) is 0 Å². The van der Waals surface area contributed by atoms with E-state index < -0.39 is 35.5 Å². The molecule has 0 aliphatic rings. The molecule has 115 heavy (non-hydrogen) atoms. The average molecular weight is 1590 g/mol. The Hall–Kier alpha value is -13.7. The number of ether oxygens (including phenoxy) is 13. The number of rotatable bonds is 36. The van der Waals surface area contributed by atoms with Crippen LogP contribution in [0.2, 0.25) is 0 Å². The van der Waals surface area contributed by atoms with Gasteiger partial charge in [0.2, 0.25) is 0 Å². The van der Waals surface area contributed by atoms with Crippen LogP contribution < -0.4 is 38.5 Å². The topological polar surface area (TPSA) is 235 Å². The van der Waals surface area contributed by atoms with Gasteiger partial charge in [-0.05, 0) is 168 Å². The molecule has 12 rings (SSSR count). The summed E-state index contributed by atoms with van der Waals surface area (Å²) >= 11 is 10.3. The summed E-state index contributed by atoms with van der Waals surface area (Å²) in [5.74, 6) is 1.03. The molecule has 0 aliphatic carbocycles. The van der Waals surface area contributed by atoms with Crippen molar-refractivity contribution in [2.45, 2.75) is 0 Å². The van der Waals surface area contributed by atoms with Gasteiger partial charge < -0.3 is 81.2 Å². The van der Waals surface area contributed by atoms with Crippen molar-refractivity contribution >= 4 is 127 Å². The maximum atomic E-state index is 13.1. The van der Waals surface area contributed by atoms with E-state index in [2.05, 4.69) is 9.47 Å². The molecular weight excluding hydrogens is 1510 g/mol. The summed E-state index contributed by atoms with van der Waals surface area (Å²) in [4.78, 5) is 81.0. The molecule has 0 aliphatic heterocycles. The summed E-state index contributed by atoms with van der Waals surface area (Å²) in [7, 11) is 0. The molecule has 0 saturated heterocycles. The van der Waals surface area contributed by atoms with Gasteiger partial charge in [-0.1, -0.05) is 146 Å². The van der Waals surface area contributed by atoms with E-state index in [4.69, 9.17) is 75.3 Å². The van der Waals surface area contributed by atoms with Gasteiger partial charge in [0.05, 0.1) is 39.6 Å². The Balaban J connectivity index is 0.605. The molecule has 584 valence electrons. The zero-order valence-corrected chi connectivity index (χ0v) is 63.3. The molecule has 12 aromatic carbocycles. The highest BCUT2D eigenvalue weighted by atomic mass is 35.5. The third-order valence-electron chi connectivity index (χ3n) is 17.0. The Bertz CT molecular complexity index is 4820. The maximum Gasteiger partial charge on any atom is 0.513 e. The molecular formula is C90H76Cl2N4O19. The molecule has 0 radical (unpaired) electrons. The minimum atomic E-state index is -0.937. The molecule has 23 nitrogen and oxygen atoms in total. The van der Waals surface area contributed by atoms with Crippen LogP contribution in [0.1, 0.15) is 0 Å². The Labute approximate surface area is 673 Å². The van der Waals surface area contributed by atoms with Gasteiger partial charge in [-0.2, -0.15) is 0 Å². The van der Waals surface area contributed by atoms with E-state index in [0.717, 1.165) is 79.1 Å². The number of hydrogen-bond acceptors (Lipinski definition) is 23. The average Bonchev–Trinajstić information content (AvgIpc) is 0.836. The fourth-order valence-electron chi connectivity index (χ4n) is 12.0. The van der Waals surface area contributed by atoms with E-state index in [1.54, 1.807) is 72.8 Å². The first-order valence-electron chi connectivity index (χ1n) is 36.3. The molecule has 0 unspecified atom stereocenters. The van der Waals surface area contributed by atoms with Crippen molar-refractivity contribution < 1.29 is 90.3 Å².